The Morgan fingerprint density at radius 2 is 2.25 bits per heavy atom. The van der Waals surface area contributed by atoms with Gasteiger partial charge in [-0.2, -0.15) is 0 Å². The van der Waals surface area contributed by atoms with E-state index in [1.54, 1.807) is 0 Å². The van der Waals surface area contributed by atoms with Crippen LogP contribution >= 0.6 is 24.0 Å². The van der Waals surface area contributed by atoms with Gasteiger partial charge in [-0.1, -0.05) is 23.7 Å². The SMILES string of the molecule is CCN(Cc1cccc(Cl)c1)C(=O)C1(C)CCNC1.Cl. The standard InChI is InChI=1S/C15H21ClN2O.ClH/c1-3-18(10-12-5-4-6-13(16)9-12)14(19)15(2)7-8-17-11-15;/h4-6,9,17H,3,7-8,10-11H2,1-2H3;1H. The molecule has 1 amide bonds. The topological polar surface area (TPSA) is 32.3 Å². The van der Waals surface area contributed by atoms with E-state index in [1.165, 1.54) is 0 Å². The third-order valence-electron chi connectivity index (χ3n) is 3.82. The van der Waals surface area contributed by atoms with Crippen molar-refractivity contribution < 1.29 is 4.79 Å². The predicted octanol–water partition coefficient (Wildman–Crippen LogP) is 3.11. The molecule has 1 aliphatic heterocycles. The van der Waals surface area contributed by atoms with Gasteiger partial charge in [0.1, 0.15) is 0 Å². The number of carbonyl (C=O) groups is 1. The van der Waals surface area contributed by atoms with Crippen LogP contribution in [0.5, 0.6) is 0 Å². The predicted molar refractivity (Wildman–Crippen MR) is 85.4 cm³/mol. The Balaban J connectivity index is 0.00000200. The highest BCUT2D eigenvalue weighted by atomic mass is 35.5. The van der Waals surface area contributed by atoms with E-state index in [9.17, 15) is 4.79 Å². The number of nitrogens with zero attached hydrogens (tertiary/aromatic N) is 1. The monoisotopic (exact) mass is 316 g/mol. The van der Waals surface area contributed by atoms with Crippen molar-refractivity contribution in [1.82, 2.24) is 10.2 Å². The second kappa shape index (κ2) is 7.30. The second-order valence-electron chi connectivity index (χ2n) is 5.44. The molecule has 1 N–H and O–H groups in total. The third-order valence-corrected chi connectivity index (χ3v) is 4.05. The van der Waals surface area contributed by atoms with Gasteiger partial charge in [0.05, 0.1) is 5.41 Å². The Bertz CT molecular complexity index is 459. The number of rotatable bonds is 4. The summed E-state index contributed by atoms with van der Waals surface area (Å²) in [4.78, 5) is 14.6. The molecule has 1 atom stereocenters. The summed E-state index contributed by atoms with van der Waals surface area (Å²) in [6.07, 6.45) is 0.915. The number of hydrogen-bond acceptors (Lipinski definition) is 2. The van der Waals surface area contributed by atoms with Gasteiger partial charge in [0.25, 0.3) is 0 Å². The molecule has 5 heteroatoms. The van der Waals surface area contributed by atoms with E-state index < -0.39 is 0 Å². The fourth-order valence-corrected chi connectivity index (χ4v) is 2.78. The number of benzene rings is 1. The Hall–Kier alpha value is -0.770. The number of carbonyl (C=O) groups excluding carboxylic acids is 1. The molecular weight excluding hydrogens is 295 g/mol. The van der Waals surface area contributed by atoms with E-state index in [1.807, 2.05) is 36.1 Å². The fraction of sp³-hybridized carbons (Fsp3) is 0.533. The lowest BCUT2D eigenvalue weighted by atomic mass is 9.88. The first-order valence-corrected chi connectivity index (χ1v) is 7.17. The van der Waals surface area contributed by atoms with Crippen LogP contribution in [0, 0.1) is 5.41 Å². The van der Waals surface area contributed by atoms with Crippen LogP contribution < -0.4 is 5.32 Å². The molecule has 1 saturated heterocycles. The quantitative estimate of drug-likeness (QED) is 0.925. The van der Waals surface area contributed by atoms with Crippen molar-refractivity contribution in [2.75, 3.05) is 19.6 Å². The number of hydrogen-bond donors (Lipinski definition) is 1. The molecule has 0 spiro atoms. The van der Waals surface area contributed by atoms with Gasteiger partial charge in [-0.15, -0.1) is 12.4 Å². The Morgan fingerprint density at radius 1 is 1.50 bits per heavy atom. The van der Waals surface area contributed by atoms with Crippen molar-refractivity contribution in [2.24, 2.45) is 5.41 Å². The van der Waals surface area contributed by atoms with Crippen LogP contribution in [0.25, 0.3) is 0 Å². The zero-order valence-electron chi connectivity index (χ0n) is 12.0. The van der Waals surface area contributed by atoms with Crippen molar-refractivity contribution in [1.29, 1.82) is 0 Å². The first kappa shape index (κ1) is 17.3. The zero-order valence-corrected chi connectivity index (χ0v) is 13.6. The van der Waals surface area contributed by atoms with Crippen LogP contribution in [0.2, 0.25) is 5.02 Å². The fourth-order valence-electron chi connectivity index (χ4n) is 2.56. The van der Waals surface area contributed by atoms with Crippen molar-refractivity contribution in [3.63, 3.8) is 0 Å². The lowest BCUT2D eigenvalue weighted by molar-refractivity contribution is -0.140. The molecular formula is C15H22Cl2N2O. The first-order valence-electron chi connectivity index (χ1n) is 6.80. The van der Waals surface area contributed by atoms with Gasteiger partial charge in [-0.05, 0) is 44.5 Å². The van der Waals surface area contributed by atoms with E-state index in [4.69, 9.17) is 11.6 Å². The molecule has 112 valence electrons. The second-order valence-corrected chi connectivity index (χ2v) is 5.87. The van der Waals surface area contributed by atoms with Crippen LogP contribution in [0.3, 0.4) is 0 Å². The molecule has 0 aliphatic carbocycles. The maximum atomic E-state index is 12.6. The van der Waals surface area contributed by atoms with Crippen molar-refractivity contribution in [3.05, 3.63) is 34.9 Å². The molecule has 0 bridgehead atoms. The van der Waals surface area contributed by atoms with Crippen LogP contribution in [0.4, 0.5) is 0 Å². The number of nitrogens with one attached hydrogen (secondary N) is 1. The van der Waals surface area contributed by atoms with E-state index in [-0.39, 0.29) is 23.7 Å². The van der Waals surface area contributed by atoms with Gasteiger partial charge in [0.15, 0.2) is 0 Å². The molecule has 1 heterocycles. The maximum Gasteiger partial charge on any atom is 0.230 e. The third kappa shape index (κ3) is 3.87. The largest absolute Gasteiger partial charge is 0.338 e. The van der Waals surface area contributed by atoms with Gasteiger partial charge < -0.3 is 10.2 Å². The van der Waals surface area contributed by atoms with Gasteiger partial charge in [-0.3, -0.25) is 4.79 Å². The highest BCUT2D eigenvalue weighted by Gasteiger charge is 2.38. The van der Waals surface area contributed by atoms with Gasteiger partial charge >= 0.3 is 0 Å². The highest BCUT2D eigenvalue weighted by Crippen LogP contribution is 2.28. The normalized spacial score (nSPS) is 21.4. The van der Waals surface area contributed by atoms with Crippen molar-refractivity contribution in [2.45, 2.75) is 26.8 Å². The van der Waals surface area contributed by atoms with Crippen LogP contribution in [0.1, 0.15) is 25.8 Å². The molecule has 0 radical (unpaired) electrons. The van der Waals surface area contributed by atoms with E-state index >= 15 is 0 Å². The van der Waals surface area contributed by atoms with Crippen LogP contribution in [-0.2, 0) is 11.3 Å². The van der Waals surface area contributed by atoms with E-state index in [2.05, 4.69) is 12.2 Å². The average Bonchev–Trinajstić information content (AvgIpc) is 2.83. The van der Waals surface area contributed by atoms with E-state index in [0.717, 1.165) is 36.6 Å². The van der Waals surface area contributed by atoms with Gasteiger partial charge in [0.2, 0.25) is 5.91 Å². The minimum atomic E-state index is -0.255. The molecule has 1 aromatic rings. The Labute approximate surface area is 132 Å². The zero-order chi connectivity index (χ0) is 13.9. The first-order chi connectivity index (χ1) is 9.05. The number of halogens is 2. The van der Waals surface area contributed by atoms with Gasteiger partial charge in [0, 0.05) is 24.7 Å². The smallest absolute Gasteiger partial charge is 0.230 e. The molecule has 20 heavy (non-hydrogen) atoms. The summed E-state index contributed by atoms with van der Waals surface area (Å²) in [6, 6.07) is 7.71. The maximum absolute atomic E-state index is 12.6. The molecule has 0 saturated carbocycles. The lowest BCUT2D eigenvalue weighted by Crippen LogP contribution is -2.43. The van der Waals surface area contributed by atoms with E-state index in [0.29, 0.717) is 6.54 Å². The van der Waals surface area contributed by atoms with Gasteiger partial charge in [-0.25, -0.2) is 0 Å². The summed E-state index contributed by atoms with van der Waals surface area (Å²) < 4.78 is 0. The summed E-state index contributed by atoms with van der Waals surface area (Å²) in [5, 5.41) is 3.99. The van der Waals surface area contributed by atoms with Crippen LogP contribution in [-0.4, -0.2) is 30.4 Å². The summed E-state index contributed by atoms with van der Waals surface area (Å²) >= 11 is 5.99. The molecule has 1 unspecified atom stereocenters. The lowest BCUT2D eigenvalue weighted by Gasteiger charge is -2.30. The summed E-state index contributed by atoms with van der Waals surface area (Å²) in [5.74, 6) is 0.236. The summed E-state index contributed by atoms with van der Waals surface area (Å²) in [7, 11) is 0. The minimum Gasteiger partial charge on any atom is -0.338 e. The molecule has 2 rings (SSSR count). The van der Waals surface area contributed by atoms with Crippen LogP contribution in [0.15, 0.2) is 24.3 Å². The Kier molecular flexibility index (Phi) is 6.31. The average molecular weight is 317 g/mol. The molecule has 3 nitrogen and oxygen atoms in total. The molecule has 1 aliphatic rings. The molecule has 1 fully saturated rings. The van der Waals surface area contributed by atoms with Crippen molar-refractivity contribution >= 4 is 29.9 Å². The Morgan fingerprint density at radius 3 is 2.80 bits per heavy atom. The summed E-state index contributed by atoms with van der Waals surface area (Å²) in [5.41, 5.74) is 0.825. The van der Waals surface area contributed by atoms with Crippen molar-refractivity contribution in [3.8, 4) is 0 Å². The number of amides is 1. The summed E-state index contributed by atoms with van der Waals surface area (Å²) in [6.45, 7) is 7.13. The minimum absolute atomic E-state index is 0. The highest BCUT2D eigenvalue weighted by molar-refractivity contribution is 6.30. The molecule has 0 aromatic heterocycles. The molecule has 1 aromatic carbocycles.